The fourth-order valence-corrected chi connectivity index (χ4v) is 2.89. The molecular formula is C15H23FN2. The van der Waals surface area contributed by atoms with Crippen LogP contribution in [0.3, 0.4) is 0 Å². The minimum Gasteiger partial charge on any atom is -0.371 e. The van der Waals surface area contributed by atoms with Crippen LogP contribution in [-0.4, -0.2) is 19.1 Å². The van der Waals surface area contributed by atoms with Crippen LogP contribution in [0.15, 0.2) is 18.2 Å². The molecule has 2 nitrogen and oxygen atoms in total. The highest BCUT2D eigenvalue weighted by Crippen LogP contribution is 2.30. The van der Waals surface area contributed by atoms with Gasteiger partial charge >= 0.3 is 0 Å². The summed E-state index contributed by atoms with van der Waals surface area (Å²) >= 11 is 0. The lowest BCUT2D eigenvalue weighted by molar-refractivity contribution is 0.588. The first kappa shape index (κ1) is 13.3. The van der Waals surface area contributed by atoms with Gasteiger partial charge in [-0.2, -0.15) is 0 Å². The van der Waals surface area contributed by atoms with Gasteiger partial charge in [0.2, 0.25) is 0 Å². The molecular weight excluding hydrogens is 227 g/mol. The van der Waals surface area contributed by atoms with Gasteiger partial charge in [-0.1, -0.05) is 18.9 Å². The minimum atomic E-state index is -0.130. The van der Waals surface area contributed by atoms with E-state index in [0.29, 0.717) is 12.5 Å². The molecule has 1 aromatic rings. The van der Waals surface area contributed by atoms with E-state index < -0.39 is 0 Å². The molecule has 1 saturated carbocycles. The SMILES string of the molecule is CC(N)Cc1c(F)cccc1N(C)C1CCCC1. The maximum atomic E-state index is 14.0. The molecule has 1 fully saturated rings. The van der Waals surface area contributed by atoms with Gasteiger partial charge in [-0.3, -0.25) is 0 Å². The van der Waals surface area contributed by atoms with Crippen molar-refractivity contribution in [3.05, 3.63) is 29.6 Å². The molecule has 0 bridgehead atoms. The van der Waals surface area contributed by atoms with Crippen molar-refractivity contribution in [2.75, 3.05) is 11.9 Å². The molecule has 0 heterocycles. The summed E-state index contributed by atoms with van der Waals surface area (Å²) in [7, 11) is 2.08. The van der Waals surface area contributed by atoms with Gasteiger partial charge in [-0.25, -0.2) is 4.39 Å². The van der Waals surface area contributed by atoms with Gasteiger partial charge in [0.25, 0.3) is 0 Å². The normalized spacial score (nSPS) is 18.0. The van der Waals surface area contributed by atoms with Gasteiger partial charge in [-0.15, -0.1) is 0 Å². The zero-order valence-corrected chi connectivity index (χ0v) is 11.3. The molecule has 3 heteroatoms. The zero-order chi connectivity index (χ0) is 13.1. The Balaban J connectivity index is 2.27. The van der Waals surface area contributed by atoms with Crippen LogP contribution < -0.4 is 10.6 Å². The van der Waals surface area contributed by atoms with Crippen molar-refractivity contribution in [1.82, 2.24) is 0 Å². The fourth-order valence-electron chi connectivity index (χ4n) is 2.89. The number of nitrogens with two attached hydrogens (primary N) is 1. The summed E-state index contributed by atoms with van der Waals surface area (Å²) in [5.74, 6) is -0.130. The van der Waals surface area contributed by atoms with E-state index >= 15 is 0 Å². The van der Waals surface area contributed by atoms with Crippen LogP contribution in [0.2, 0.25) is 0 Å². The Kier molecular flexibility index (Phi) is 4.23. The summed E-state index contributed by atoms with van der Waals surface area (Å²) in [5.41, 5.74) is 7.61. The van der Waals surface area contributed by atoms with E-state index in [1.165, 1.54) is 31.7 Å². The van der Waals surface area contributed by atoms with Crippen LogP contribution in [0.25, 0.3) is 0 Å². The molecule has 2 N–H and O–H groups in total. The van der Waals surface area contributed by atoms with E-state index in [4.69, 9.17) is 5.73 Å². The van der Waals surface area contributed by atoms with Crippen molar-refractivity contribution in [2.24, 2.45) is 5.73 Å². The third kappa shape index (κ3) is 2.83. The van der Waals surface area contributed by atoms with Crippen molar-refractivity contribution in [3.63, 3.8) is 0 Å². The third-order valence-corrected chi connectivity index (χ3v) is 3.87. The average molecular weight is 250 g/mol. The molecule has 2 rings (SSSR count). The first-order valence-electron chi connectivity index (χ1n) is 6.85. The fraction of sp³-hybridized carbons (Fsp3) is 0.600. The van der Waals surface area contributed by atoms with E-state index in [9.17, 15) is 4.39 Å². The van der Waals surface area contributed by atoms with E-state index in [-0.39, 0.29) is 11.9 Å². The van der Waals surface area contributed by atoms with E-state index in [0.717, 1.165) is 11.3 Å². The van der Waals surface area contributed by atoms with E-state index in [1.807, 2.05) is 13.0 Å². The Morgan fingerprint density at radius 3 is 2.67 bits per heavy atom. The lowest BCUT2D eigenvalue weighted by Crippen LogP contribution is -2.31. The number of nitrogens with zero attached hydrogens (tertiary/aromatic N) is 1. The molecule has 0 radical (unpaired) electrons. The molecule has 0 aliphatic heterocycles. The molecule has 0 aromatic heterocycles. The highest BCUT2D eigenvalue weighted by Gasteiger charge is 2.22. The molecule has 0 saturated heterocycles. The van der Waals surface area contributed by atoms with Crippen molar-refractivity contribution in [1.29, 1.82) is 0 Å². The number of rotatable bonds is 4. The summed E-state index contributed by atoms with van der Waals surface area (Å²) in [4.78, 5) is 2.24. The summed E-state index contributed by atoms with van der Waals surface area (Å²) in [5, 5.41) is 0. The molecule has 0 amide bonds. The highest BCUT2D eigenvalue weighted by atomic mass is 19.1. The zero-order valence-electron chi connectivity index (χ0n) is 11.3. The monoisotopic (exact) mass is 250 g/mol. The predicted molar refractivity (Wildman–Crippen MR) is 74.4 cm³/mol. The van der Waals surface area contributed by atoms with Crippen molar-refractivity contribution in [3.8, 4) is 0 Å². The molecule has 0 spiro atoms. The molecule has 1 aliphatic carbocycles. The molecule has 1 atom stereocenters. The summed E-state index contributed by atoms with van der Waals surface area (Å²) in [6.45, 7) is 1.92. The van der Waals surface area contributed by atoms with Crippen LogP contribution in [0, 0.1) is 5.82 Å². The Bertz CT molecular complexity index is 397. The Labute approximate surface area is 109 Å². The average Bonchev–Trinajstić information content (AvgIpc) is 2.84. The summed E-state index contributed by atoms with van der Waals surface area (Å²) in [6, 6.07) is 5.88. The number of hydrogen-bond donors (Lipinski definition) is 1. The van der Waals surface area contributed by atoms with Crippen LogP contribution >= 0.6 is 0 Å². The lowest BCUT2D eigenvalue weighted by atomic mass is 10.0. The third-order valence-electron chi connectivity index (χ3n) is 3.87. The molecule has 1 aliphatic rings. The maximum Gasteiger partial charge on any atom is 0.128 e. The van der Waals surface area contributed by atoms with Crippen molar-refractivity contribution < 1.29 is 4.39 Å². The lowest BCUT2D eigenvalue weighted by Gasteiger charge is -2.29. The number of halogens is 1. The van der Waals surface area contributed by atoms with Crippen LogP contribution in [0.5, 0.6) is 0 Å². The molecule has 18 heavy (non-hydrogen) atoms. The van der Waals surface area contributed by atoms with Gasteiger partial charge in [0.15, 0.2) is 0 Å². The first-order valence-corrected chi connectivity index (χ1v) is 6.85. The Morgan fingerprint density at radius 1 is 1.39 bits per heavy atom. The molecule has 1 aromatic carbocycles. The van der Waals surface area contributed by atoms with E-state index in [1.54, 1.807) is 6.07 Å². The summed E-state index contributed by atoms with van der Waals surface area (Å²) < 4.78 is 14.0. The van der Waals surface area contributed by atoms with Gasteiger partial charge in [0, 0.05) is 30.4 Å². The number of anilines is 1. The van der Waals surface area contributed by atoms with Crippen molar-refractivity contribution in [2.45, 2.75) is 51.1 Å². The van der Waals surface area contributed by atoms with Crippen LogP contribution in [0.4, 0.5) is 10.1 Å². The van der Waals surface area contributed by atoms with Crippen LogP contribution in [-0.2, 0) is 6.42 Å². The van der Waals surface area contributed by atoms with Gasteiger partial charge in [0.1, 0.15) is 5.82 Å². The predicted octanol–water partition coefficient (Wildman–Crippen LogP) is 3.09. The van der Waals surface area contributed by atoms with Gasteiger partial charge in [-0.05, 0) is 38.3 Å². The second-order valence-electron chi connectivity index (χ2n) is 5.47. The quantitative estimate of drug-likeness (QED) is 0.889. The molecule has 100 valence electrons. The van der Waals surface area contributed by atoms with Gasteiger partial charge < -0.3 is 10.6 Å². The van der Waals surface area contributed by atoms with Gasteiger partial charge in [0.05, 0.1) is 0 Å². The highest BCUT2D eigenvalue weighted by molar-refractivity contribution is 5.55. The van der Waals surface area contributed by atoms with Crippen LogP contribution in [0.1, 0.15) is 38.2 Å². The summed E-state index contributed by atoms with van der Waals surface area (Å²) in [6.07, 6.45) is 5.59. The number of hydrogen-bond acceptors (Lipinski definition) is 2. The van der Waals surface area contributed by atoms with E-state index in [2.05, 4.69) is 11.9 Å². The largest absolute Gasteiger partial charge is 0.371 e. The Hall–Kier alpha value is -1.09. The second-order valence-corrected chi connectivity index (χ2v) is 5.47. The minimum absolute atomic E-state index is 0.0161. The standard InChI is InChI=1S/C15H23FN2/c1-11(17)10-13-14(16)8-5-9-15(13)18(2)12-6-3-4-7-12/h5,8-9,11-12H,3-4,6-7,10,17H2,1-2H3. The number of benzene rings is 1. The topological polar surface area (TPSA) is 29.3 Å². The second kappa shape index (κ2) is 5.70. The van der Waals surface area contributed by atoms with Crippen molar-refractivity contribution >= 4 is 5.69 Å². The molecule has 1 unspecified atom stereocenters. The Morgan fingerprint density at radius 2 is 2.06 bits per heavy atom. The smallest absolute Gasteiger partial charge is 0.128 e. The maximum absolute atomic E-state index is 14.0. The first-order chi connectivity index (χ1) is 8.59.